The Balaban J connectivity index is 1.74. The van der Waals surface area contributed by atoms with E-state index in [2.05, 4.69) is 22.4 Å². The molecule has 2 aromatic rings. The minimum atomic E-state index is -0.537. The van der Waals surface area contributed by atoms with E-state index in [4.69, 9.17) is 11.6 Å². The smallest absolute Gasteiger partial charge is 0.294 e. The molecule has 0 saturated carbocycles. The SMILES string of the molecule is Cc1nnc(SCC(=O)Nc2sc3c(c2C(N)=O)CCC(C)C3)n(N)c1=O. The van der Waals surface area contributed by atoms with E-state index in [1.54, 1.807) is 0 Å². The summed E-state index contributed by atoms with van der Waals surface area (Å²) < 4.78 is 0.861. The number of nitrogens with two attached hydrogens (primary N) is 2. The molecule has 2 aromatic heterocycles. The van der Waals surface area contributed by atoms with Gasteiger partial charge in [0, 0.05) is 4.88 Å². The molecule has 0 aromatic carbocycles. The number of primary amides is 1. The Labute approximate surface area is 163 Å². The molecule has 11 heteroatoms. The summed E-state index contributed by atoms with van der Waals surface area (Å²) in [4.78, 5) is 37.1. The van der Waals surface area contributed by atoms with Crippen LogP contribution < -0.4 is 22.5 Å². The Kier molecular flexibility index (Phi) is 5.51. The number of thioether (sulfide) groups is 1. The third-order valence-corrected chi connectivity index (χ3v) is 6.48. The van der Waals surface area contributed by atoms with Crippen molar-refractivity contribution in [2.24, 2.45) is 11.7 Å². The first-order valence-electron chi connectivity index (χ1n) is 8.36. The van der Waals surface area contributed by atoms with E-state index in [-0.39, 0.29) is 22.5 Å². The lowest BCUT2D eigenvalue weighted by Gasteiger charge is -2.18. The molecule has 1 atom stereocenters. The minimum Gasteiger partial charge on any atom is -0.365 e. The molecule has 0 radical (unpaired) electrons. The van der Waals surface area contributed by atoms with Gasteiger partial charge in [0.2, 0.25) is 11.1 Å². The van der Waals surface area contributed by atoms with Gasteiger partial charge in [-0.1, -0.05) is 18.7 Å². The number of nitrogen functional groups attached to an aromatic ring is 1. The van der Waals surface area contributed by atoms with Crippen LogP contribution in [0, 0.1) is 12.8 Å². The predicted molar refractivity (Wildman–Crippen MR) is 105 cm³/mol. The van der Waals surface area contributed by atoms with Crippen molar-refractivity contribution in [1.82, 2.24) is 14.9 Å². The molecule has 27 heavy (non-hydrogen) atoms. The van der Waals surface area contributed by atoms with Crippen LogP contribution >= 0.6 is 23.1 Å². The maximum Gasteiger partial charge on any atom is 0.294 e. The Morgan fingerprint density at radius 3 is 2.85 bits per heavy atom. The second-order valence-corrected chi connectivity index (χ2v) is 8.55. The van der Waals surface area contributed by atoms with E-state index >= 15 is 0 Å². The molecule has 1 aliphatic rings. The highest BCUT2D eigenvalue weighted by atomic mass is 32.2. The Morgan fingerprint density at radius 1 is 1.41 bits per heavy atom. The van der Waals surface area contributed by atoms with Crippen molar-refractivity contribution < 1.29 is 9.59 Å². The maximum atomic E-state index is 12.3. The molecule has 0 saturated heterocycles. The van der Waals surface area contributed by atoms with E-state index in [9.17, 15) is 14.4 Å². The van der Waals surface area contributed by atoms with Gasteiger partial charge >= 0.3 is 0 Å². The number of hydrogen-bond acceptors (Lipinski definition) is 8. The number of hydrogen-bond donors (Lipinski definition) is 3. The molecule has 0 fully saturated rings. The largest absolute Gasteiger partial charge is 0.365 e. The summed E-state index contributed by atoms with van der Waals surface area (Å²) in [5.41, 5.74) is 6.62. The van der Waals surface area contributed by atoms with Crippen molar-refractivity contribution in [1.29, 1.82) is 0 Å². The number of carbonyl (C=O) groups excluding carboxylic acids is 2. The Bertz CT molecular complexity index is 968. The number of aryl methyl sites for hydroxylation is 1. The van der Waals surface area contributed by atoms with Crippen molar-refractivity contribution in [2.45, 2.75) is 38.3 Å². The highest BCUT2D eigenvalue weighted by molar-refractivity contribution is 7.99. The van der Waals surface area contributed by atoms with Gasteiger partial charge in [0.1, 0.15) is 10.7 Å². The van der Waals surface area contributed by atoms with Gasteiger partial charge in [-0.05, 0) is 37.7 Å². The van der Waals surface area contributed by atoms with Gasteiger partial charge in [-0.2, -0.15) is 4.68 Å². The summed E-state index contributed by atoms with van der Waals surface area (Å²) in [6, 6.07) is 0. The number of anilines is 1. The second kappa shape index (κ2) is 7.69. The topological polar surface area (TPSA) is 146 Å². The number of amides is 2. The van der Waals surface area contributed by atoms with Gasteiger partial charge in [0.15, 0.2) is 0 Å². The van der Waals surface area contributed by atoms with Crippen molar-refractivity contribution in [3.05, 3.63) is 32.1 Å². The summed E-state index contributed by atoms with van der Waals surface area (Å²) in [6.07, 6.45) is 2.66. The van der Waals surface area contributed by atoms with Crippen LogP contribution in [0.1, 0.15) is 39.8 Å². The van der Waals surface area contributed by atoms with Crippen molar-refractivity contribution >= 4 is 39.9 Å². The quantitative estimate of drug-likeness (QED) is 0.487. The summed E-state index contributed by atoms with van der Waals surface area (Å²) in [5.74, 6) is 5.28. The molecule has 1 aliphatic carbocycles. The van der Waals surface area contributed by atoms with Gasteiger partial charge in [0.25, 0.3) is 11.5 Å². The Morgan fingerprint density at radius 2 is 2.15 bits per heavy atom. The fourth-order valence-electron chi connectivity index (χ4n) is 2.96. The minimum absolute atomic E-state index is 0.0362. The lowest BCUT2D eigenvalue weighted by molar-refractivity contribution is -0.113. The Hall–Kier alpha value is -2.40. The molecule has 144 valence electrons. The van der Waals surface area contributed by atoms with E-state index in [0.717, 1.165) is 46.1 Å². The van der Waals surface area contributed by atoms with Gasteiger partial charge < -0.3 is 16.9 Å². The third-order valence-electron chi connectivity index (χ3n) is 4.36. The molecule has 0 spiro atoms. The van der Waals surface area contributed by atoms with Crippen LogP contribution in [0.15, 0.2) is 9.95 Å². The second-order valence-electron chi connectivity index (χ2n) is 6.50. The highest BCUT2D eigenvalue weighted by Crippen LogP contribution is 2.39. The zero-order valence-corrected chi connectivity index (χ0v) is 16.6. The fraction of sp³-hybridized carbons (Fsp3) is 0.438. The molecular formula is C16H20N6O3S2. The summed E-state index contributed by atoms with van der Waals surface area (Å²) >= 11 is 2.39. The van der Waals surface area contributed by atoms with Crippen LogP contribution in [0.4, 0.5) is 5.00 Å². The molecule has 2 heterocycles. The third kappa shape index (κ3) is 3.98. The van der Waals surface area contributed by atoms with Crippen LogP contribution in [-0.4, -0.2) is 32.4 Å². The number of aromatic nitrogens is 3. The molecule has 5 N–H and O–H groups in total. The van der Waals surface area contributed by atoms with Crippen molar-refractivity contribution in [3.8, 4) is 0 Å². The monoisotopic (exact) mass is 408 g/mol. The molecule has 3 rings (SSSR count). The maximum absolute atomic E-state index is 12.3. The van der Waals surface area contributed by atoms with Gasteiger partial charge in [-0.15, -0.1) is 21.5 Å². The first-order chi connectivity index (χ1) is 12.8. The van der Waals surface area contributed by atoms with Gasteiger partial charge in [0.05, 0.1) is 11.3 Å². The summed E-state index contributed by atoms with van der Waals surface area (Å²) in [7, 11) is 0. The fourth-order valence-corrected chi connectivity index (χ4v) is 5.05. The summed E-state index contributed by atoms with van der Waals surface area (Å²) in [5, 5.41) is 10.9. The van der Waals surface area contributed by atoms with E-state index < -0.39 is 11.5 Å². The van der Waals surface area contributed by atoms with Crippen LogP contribution in [0.2, 0.25) is 0 Å². The van der Waals surface area contributed by atoms with Gasteiger partial charge in [-0.3, -0.25) is 14.4 Å². The van der Waals surface area contributed by atoms with Crippen LogP contribution in [0.5, 0.6) is 0 Å². The van der Waals surface area contributed by atoms with E-state index in [1.165, 1.54) is 18.3 Å². The first-order valence-corrected chi connectivity index (χ1v) is 10.2. The van der Waals surface area contributed by atoms with Crippen LogP contribution in [0.25, 0.3) is 0 Å². The van der Waals surface area contributed by atoms with Crippen molar-refractivity contribution in [3.63, 3.8) is 0 Å². The average Bonchev–Trinajstić information content (AvgIpc) is 2.96. The molecular weight excluding hydrogens is 388 g/mol. The predicted octanol–water partition coefficient (Wildman–Crippen LogP) is 0.677. The van der Waals surface area contributed by atoms with Gasteiger partial charge in [-0.25, -0.2) is 0 Å². The van der Waals surface area contributed by atoms with Crippen molar-refractivity contribution in [2.75, 3.05) is 16.9 Å². The molecule has 0 bridgehead atoms. The zero-order chi connectivity index (χ0) is 19.7. The standard InChI is InChI=1S/C16H20N6O3S2/c1-7-3-4-9-10(5-7)27-14(12(9)13(17)24)19-11(23)6-26-16-21-20-8(2)15(25)22(16)18/h7H,3-6,18H2,1-2H3,(H2,17,24)(H,19,23). The first kappa shape index (κ1) is 19.4. The number of thiophene rings is 1. The van der Waals surface area contributed by atoms with E-state index in [0.29, 0.717) is 16.5 Å². The summed E-state index contributed by atoms with van der Waals surface area (Å²) in [6.45, 7) is 3.67. The zero-order valence-electron chi connectivity index (χ0n) is 14.9. The van der Waals surface area contributed by atoms with Crippen LogP contribution in [-0.2, 0) is 17.6 Å². The number of rotatable bonds is 5. The number of nitrogens with zero attached hydrogens (tertiary/aromatic N) is 3. The molecule has 9 nitrogen and oxygen atoms in total. The van der Waals surface area contributed by atoms with E-state index in [1.807, 2.05) is 0 Å². The molecule has 0 aliphatic heterocycles. The molecule has 1 unspecified atom stereocenters. The molecule has 2 amide bonds. The number of fused-ring (bicyclic) bond motifs is 1. The van der Waals surface area contributed by atoms with Crippen LogP contribution in [0.3, 0.4) is 0 Å². The lowest BCUT2D eigenvalue weighted by atomic mass is 9.88. The number of nitrogens with one attached hydrogen (secondary N) is 1. The number of carbonyl (C=O) groups is 2. The normalized spacial score (nSPS) is 16.0. The lowest BCUT2D eigenvalue weighted by Crippen LogP contribution is -2.32. The highest BCUT2D eigenvalue weighted by Gasteiger charge is 2.27. The average molecular weight is 409 g/mol.